The van der Waals surface area contributed by atoms with Crippen molar-refractivity contribution in [2.24, 2.45) is 0 Å². The fraction of sp³-hybridized carbons (Fsp3) is 0.846. The molecule has 1 fully saturated rings. The Hall–Kier alpha value is -0.340. The lowest BCUT2D eigenvalue weighted by Crippen LogP contribution is -2.41. The van der Waals surface area contributed by atoms with Crippen molar-refractivity contribution in [3.05, 3.63) is 12.7 Å². The van der Waals surface area contributed by atoms with Crippen LogP contribution in [0.2, 0.25) is 0 Å². The predicted molar refractivity (Wildman–Crippen MR) is 67.2 cm³/mol. The van der Waals surface area contributed by atoms with Gasteiger partial charge in [0.25, 0.3) is 0 Å². The van der Waals surface area contributed by atoms with E-state index in [1.165, 1.54) is 51.7 Å². The van der Waals surface area contributed by atoms with Crippen molar-refractivity contribution in [2.75, 3.05) is 26.2 Å². The third-order valence-electron chi connectivity index (χ3n) is 3.07. The molecular formula is C13H26N2. The van der Waals surface area contributed by atoms with Gasteiger partial charge in [0.15, 0.2) is 0 Å². The summed E-state index contributed by atoms with van der Waals surface area (Å²) in [6.45, 7) is 10.7. The Bertz CT molecular complexity index is 160. The van der Waals surface area contributed by atoms with Gasteiger partial charge in [-0.1, -0.05) is 25.8 Å². The van der Waals surface area contributed by atoms with Crippen molar-refractivity contribution in [1.82, 2.24) is 10.2 Å². The van der Waals surface area contributed by atoms with Crippen molar-refractivity contribution in [2.45, 2.75) is 45.1 Å². The normalized spacial score (nSPS) is 22.7. The molecule has 1 rings (SSSR count). The second kappa shape index (κ2) is 7.89. The largest absolute Gasteiger partial charge is 0.313 e. The molecule has 0 aromatic carbocycles. The third-order valence-corrected chi connectivity index (χ3v) is 3.07. The zero-order valence-corrected chi connectivity index (χ0v) is 10.2. The van der Waals surface area contributed by atoms with Gasteiger partial charge >= 0.3 is 0 Å². The molecule has 2 heteroatoms. The summed E-state index contributed by atoms with van der Waals surface area (Å²) >= 11 is 0. The highest BCUT2D eigenvalue weighted by Gasteiger charge is 2.14. The standard InChI is InChI=1S/C13H26N2/c1-3-10-15(11-4-2)12-13-8-6-5-7-9-14-13/h3,13-14H,1,4-12H2,2H3. The van der Waals surface area contributed by atoms with Crippen LogP contribution in [0.15, 0.2) is 12.7 Å². The highest BCUT2D eigenvalue weighted by Crippen LogP contribution is 2.09. The van der Waals surface area contributed by atoms with Gasteiger partial charge in [0.2, 0.25) is 0 Å². The fourth-order valence-electron chi connectivity index (χ4n) is 2.32. The van der Waals surface area contributed by atoms with Crippen molar-refractivity contribution in [3.8, 4) is 0 Å². The molecule has 1 atom stereocenters. The molecule has 0 saturated carbocycles. The van der Waals surface area contributed by atoms with Gasteiger partial charge in [-0.15, -0.1) is 6.58 Å². The van der Waals surface area contributed by atoms with Crippen molar-refractivity contribution >= 4 is 0 Å². The molecule has 0 aromatic heterocycles. The molecule has 1 heterocycles. The van der Waals surface area contributed by atoms with Crippen LogP contribution in [0.3, 0.4) is 0 Å². The van der Waals surface area contributed by atoms with Crippen LogP contribution in [0, 0.1) is 0 Å². The molecule has 1 aliphatic heterocycles. The molecule has 0 amide bonds. The molecule has 1 saturated heterocycles. The Morgan fingerprint density at radius 1 is 1.40 bits per heavy atom. The molecule has 0 aliphatic carbocycles. The first-order valence-electron chi connectivity index (χ1n) is 6.43. The minimum atomic E-state index is 0.707. The van der Waals surface area contributed by atoms with Gasteiger partial charge in [0, 0.05) is 19.1 Å². The van der Waals surface area contributed by atoms with E-state index in [0.717, 1.165) is 6.54 Å². The third kappa shape index (κ3) is 5.33. The van der Waals surface area contributed by atoms with Crippen LogP contribution in [0.1, 0.15) is 39.0 Å². The molecule has 15 heavy (non-hydrogen) atoms. The maximum atomic E-state index is 3.83. The summed E-state index contributed by atoms with van der Waals surface area (Å²) in [7, 11) is 0. The van der Waals surface area contributed by atoms with Gasteiger partial charge < -0.3 is 5.32 Å². The van der Waals surface area contributed by atoms with Gasteiger partial charge in [-0.3, -0.25) is 4.90 Å². The summed E-state index contributed by atoms with van der Waals surface area (Å²) in [5.74, 6) is 0. The molecule has 0 radical (unpaired) electrons. The van der Waals surface area contributed by atoms with E-state index in [9.17, 15) is 0 Å². The summed E-state index contributed by atoms with van der Waals surface area (Å²) in [5.41, 5.74) is 0. The maximum absolute atomic E-state index is 3.83. The minimum Gasteiger partial charge on any atom is -0.313 e. The van der Waals surface area contributed by atoms with E-state index in [4.69, 9.17) is 0 Å². The topological polar surface area (TPSA) is 15.3 Å². The first-order valence-corrected chi connectivity index (χ1v) is 6.43. The van der Waals surface area contributed by atoms with Crippen molar-refractivity contribution < 1.29 is 0 Å². The van der Waals surface area contributed by atoms with E-state index in [1.54, 1.807) is 0 Å². The van der Waals surface area contributed by atoms with E-state index in [2.05, 4.69) is 23.7 Å². The fourth-order valence-corrected chi connectivity index (χ4v) is 2.32. The first kappa shape index (κ1) is 12.7. The van der Waals surface area contributed by atoms with Crippen LogP contribution >= 0.6 is 0 Å². The predicted octanol–water partition coefficient (Wildman–Crippen LogP) is 2.42. The Labute approximate surface area is 94.7 Å². The lowest BCUT2D eigenvalue weighted by molar-refractivity contribution is 0.261. The van der Waals surface area contributed by atoms with Crippen molar-refractivity contribution in [3.63, 3.8) is 0 Å². The molecule has 1 aliphatic rings. The zero-order chi connectivity index (χ0) is 10.9. The van der Waals surface area contributed by atoms with E-state index < -0.39 is 0 Å². The Morgan fingerprint density at radius 2 is 2.27 bits per heavy atom. The molecular weight excluding hydrogens is 184 g/mol. The summed E-state index contributed by atoms with van der Waals surface area (Å²) in [5, 5.41) is 3.65. The van der Waals surface area contributed by atoms with Crippen LogP contribution in [0.25, 0.3) is 0 Å². The number of hydrogen-bond donors (Lipinski definition) is 1. The minimum absolute atomic E-state index is 0.707. The van der Waals surface area contributed by atoms with E-state index in [1.807, 2.05) is 6.08 Å². The number of nitrogens with zero attached hydrogens (tertiary/aromatic N) is 1. The molecule has 0 spiro atoms. The quantitative estimate of drug-likeness (QED) is 0.677. The Morgan fingerprint density at radius 3 is 3.00 bits per heavy atom. The SMILES string of the molecule is C=CCN(CCC)CC1CCCCCN1. The van der Waals surface area contributed by atoms with Crippen LogP contribution < -0.4 is 5.32 Å². The highest BCUT2D eigenvalue weighted by atomic mass is 15.1. The Kier molecular flexibility index (Phi) is 6.69. The average Bonchev–Trinajstić information content (AvgIpc) is 2.47. The van der Waals surface area contributed by atoms with Crippen LogP contribution in [0.5, 0.6) is 0 Å². The highest BCUT2D eigenvalue weighted by molar-refractivity contribution is 4.79. The second-order valence-corrected chi connectivity index (χ2v) is 4.55. The summed E-state index contributed by atoms with van der Waals surface area (Å²) in [6, 6.07) is 0.707. The van der Waals surface area contributed by atoms with Gasteiger partial charge in [0.05, 0.1) is 0 Å². The maximum Gasteiger partial charge on any atom is 0.0195 e. The number of rotatable bonds is 6. The Balaban J connectivity index is 2.30. The van der Waals surface area contributed by atoms with Gasteiger partial charge in [-0.05, 0) is 32.4 Å². The van der Waals surface area contributed by atoms with Gasteiger partial charge in [-0.2, -0.15) is 0 Å². The smallest absolute Gasteiger partial charge is 0.0195 e. The summed E-state index contributed by atoms with van der Waals surface area (Å²) in [4.78, 5) is 2.51. The first-order chi connectivity index (χ1) is 7.36. The van der Waals surface area contributed by atoms with Crippen LogP contribution in [-0.2, 0) is 0 Å². The summed E-state index contributed by atoms with van der Waals surface area (Å²) in [6.07, 6.45) is 8.75. The van der Waals surface area contributed by atoms with Crippen LogP contribution in [0.4, 0.5) is 0 Å². The summed E-state index contributed by atoms with van der Waals surface area (Å²) < 4.78 is 0. The van der Waals surface area contributed by atoms with Crippen LogP contribution in [-0.4, -0.2) is 37.1 Å². The molecule has 1 N–H and O–H groups in total. The lowest BCUT2D eigenvalue weighted by atomic mass is 10.1. The number of hydrogen-bond acceptors (Lipinski definition) is 2. The zero-order valence-electron chi connectivity index (χ0n) is 10.2. The number of nitrogens with one attached hydrogen (secondary N) is 1. The molecule has 0 aromatic rings. The van der Waals surface area contributed by atoms with Crippen molar-refractivity contribution in [1.29, 1.82) is 0 Å². The lowest BCUT2D eigenvalue weighted by Gasteiger charge is -2.26. The van der Waals surface area contributed by atoms with E-state index in [-0.39, 0.29) is 0 Å². The second-order valence-electron chi connectivity index (χ2n) is 4.55. The average molecular weight is 210 g/mol. The monoisotopic (exact) mass is 210 g/mol. The van der Waals surface area contributed by atoms with Gasteiger partial charge in [-0.25, -0.2) is 0 Å². The van der Waals surface area contributed by atoms with E-state index in [0.29, 0.717) is 6.04 Å². The molecule has 2 nitrogen and oxygen atoms in total. The molecule has 88 valence electrons. The molecule has 1 unspecified atom stereocenters. The van der Waals surface area contributed by atoms with E-state index >= 15 is 0 Å². The molecule has 0 bridgehead atoms. The van der Waals surface area contributed by atoms with Gasteiger partial charge in [0.1, 0.15) is 0 Å².